The fraction of sp³-hybridized carbons (Fsp3) is 0.348. The van der Waals surface area contributed by atoms with Crippen molar-refractivity contribution in [3.05, 3.63) is 71.6 Å². The molecular weight excluding hydrogens is 364 g/mol. The highest BCUT2D eigenvalue weighted by Crippen LogP contribution is 2.28. The Bertz CT molecular complexity index is 929. The van der Waals surface area contributed by atoms with Gasteiger partial charge in [-0.3, -0.25) is 0 Å². The zero-order valence-electron chi connectivity index (χ0n) is 16.7. The molecule has 0 spiro atoms. The first kappa shape index (κ1) is 19.2. The van der Waals surface area contributed by atoms with E-state index < -0.39 is 0 Å². The van der Waals surface area contributed by atoms with Gasteiger partial charge < -0.3 is 14.7 Å². The van der Waals surface area contributed by atoms with Crippen molar-refractivity contribution in [3.8, 4) is 11.4 Å². The molecule has 1 aromatic heterocycles. The Hall–Kier alpha value is -3.15. The number of hydrogen-bond acceptors (Lipinski definition) is 4. The number of amides is 2. The smallest absolute Gasteiger partial charge is 0.317 e. The molecule has 150 valence electrons. The van der Waals surface area contributed by atoms with Gasteiger partial charge in [0.25, 0.3) is 0 Å². The molecule has 6 nitrogen and oxygen atoms in total. The molecule has 1 fully saturated rings. The molecule has 0 atom stereocenters. The minimum atomic E-state index is 0.00487. The van der Waals surface area contributed by atoms with E-state index in [4.69, 9.17) is 4.52 Å². The minimum absolute atomic E-state index is 0.00487. The number of likely N-dealkylation sites (tertiary alicyclic amines) is 1. The average molecular weight is 390 g/mol. The molecule has 0 unspecified atom stereocenters. The zero-order chi connectivity index (χ0) is 20.1. The van der Waals surface area contributed by atoms with Crippen molar-refractivity contribution in [2.75, 3.05) is 19.6 Å². The van der Waals surface area contributed by atoms with Gasteiger partial charge in [0.05, 0.1) is 0 Å². The molecule has 1 saturated heterocycles. The lowest BCUT2D eigenvalue weighted by molar-refractivity contribution is 0.175. The number of rotatable bonds is 5. The van der Waals surface area contributed by atoms with Crippen LogP contribution in [0.2, 0.25) is 0 Å². The number of piperidine rings is 1. The summed E-state index contributed by atoms with van der Waals surface area (Å²) in [7, 11) is 0. The molecular formula is C23H26N4O2. The van der Waals surface area contributed by atoms with Crippen LogP contribution in [0.5, 0.6) is 0 Å². The third-order valence-electron chi connectivity index (χ3n) is 5.42. The molecule has 6 heteroatoms. The van der Waals surface area contributed by atoms with Crippen LogP contribution in [0.3, 0.4) is 0 Å². The standard InChI is InChI=1S/C23H26N4O2/c1-17-7-9-19(10-8-17)21-25-22(29-26-21)20-12-15-27(16-13-20)23(28)24-14-11-18-5-3-2-4-6-18/h2-10,20H,11-16H2,1H3,(H,24,28). The topological polar surface area (TPSA) is 71.3 Å². The highest BCUT2D eigenvalue weighted by Gasteiger charge is 2.27. The van der Waals surface area contributed by atoms with E-state index >= 15 is 0 Å². The Morgan fingerprint density at radius 2 is 1.83 bits per heavy atom. The lowest BCUT2D eigenvalue weighted by atomic mass is 9.97. The lowest BCUT2D eigenvalue weighted by Gasteiger charge is -2.30. The van der Waals surface area contributed by atoms with E-state index in [1.165, 1.54) is 11.1 Å². The molecule has 2 aromatic carbocycles. The van der Waals surface area contributed by atoms with Gasteiger partial charge >= 0.3 is 6.03 Å². The molecule has 0 saturated carbocycles. The second kappa shape index (κ2) is 8.90. The summed E-state index contributed by atoms with van der Waals surface area (Å²) in [5, 5.41) is 7.16. The first-order valence-electron chi connectivity index (χ1n) is 10.2. The van der Waals surface area contributed by atoms with Crippen LogP contribution in [0.4, 0.5) is 4.79 Å². The van der Waals surface area contributed by atoms with Crippen LogP contribution in [0, 0.1) is 6.92 Å². The maximum absolute atomic E-state index is 12.4. The van der Waals surface area contributed by atoms with Crippen molar-refractivity contribution in [2.45, 2.75) is 32.1 Å². The predicted octanol–water partition coefficient (Wildman–Crippen LogP) is 4.18. The normalized spacial score (nSPS) is 14.7. The van der Waals surface area contributed by atoms with Crippen LogP contribution in [0.25, 0.3) is 11.4 Å². The Morgan fingerprint density at radius 1 is 1.10 bits per heavy atom. The molecule has 0 aliphatic carbocycles. The number of nitrogens with zero attached hydrogens (tertiary/aromatic N) is 3. The monoisotopic (exact) mass is 390 g/mol. The number of nitrogens with one attached hydrogen (secondary N) is 1. The zero-order valence-corrected chi connectivity index (χ0v) is 16.7. The molecule has 3 aromatic rings. The number of benzene rings is 2. The Kier molecular flexibility index (Phi) is 5.89. The summed E-state index contributed by atoms with van der Waals surface area (Å²) >= 11 is 0. The third-order valence-corrected chi connectivity index (χ3v) is 5.42. The molecule has 2 amide bonds. The van der Waals surface area contributed by atoms with E-state index in [2.05, 4.69) is 34.5 Å². The second-order valence-corrected chi connectivity index (χ2v) is 7.55. The van der Waals surface area contributed by atoms with Crippen molar-refractivity contribution in [1.82, 2.24) is 20.4 Å². The van der Waals surface area contributed by atoms with E-state index in [9.17, 15) is 4.79 Å². The molecule has 0 radical (unpaired) electrons. The largest absolute Gasteiger partial charge is 0.339 e. The third kappa shape index (κ3) is 4.83. The van der Waals surface area contributed by atoms with E-state index in [1.54, 1.807) is 0 Å². The van der Waals surface area contributed by atoms with Crippen LogP contribution >= 0.6 is 0 Å². The van der Waals surface area contributed by atoms with Gasteiger partial charge in [0.2, 0.25) is 11.7 Å². The van der Waals surface area contributed by atoms with Gasteiger partial charge in [0.1, 0.15) is 0 Å². The Morgan fingerprint density at radius 3 is 2.55 bits per heavy atom. The molecule has 2 heterocycles. The number of aromatic nitrogens is 2. The van der Waals surface area contributed by atoms with Crippen molar-refractivity contribution in [3.63, 3.8) is 0 Å². The highest BCUT2D eigenvalue weighted by molar-refractivity contribution is 5.74. The Balaban J connectivity index is 1.26. The lowest BCUT2D eigenvalue weighted by Crippen LogP contribution is -2.44. The molecule has 29 heavy (non-hydrogen) atoms. The van der Waals surface area contributed by atoms with Gasteiger partial charge in [-0.15, -0.1) is 0 Å². The van der Waals surface area contributed by atoms with Gasteiger partial charge in [-0.05, 0) is 31.7 Å². The van der Waals surface area contributed by atoms with Crippen molar-refractivity contribution < 1.29 is 9.32 Å². The summed E-state index contributed by atoms with van der Waals surface area (Å²) in [4.78, 5) is 18.9. The molecule has 1 aliphatic rings. The number of hydrogen-bond donors (Lipinski definition) is 1. The molecule has 1 aliphatic heterocycles. The summed E-state index contributed by atoms with van der Waals surface area (Å²) in [6, 6.07) is 18.3. The van der Waals surface area contributed by atoms with E-state index in [-0.39, 0.29) is 11.9 Å². The van der Waals surface area contributed by atoms with Gasteiger partial charge in [-0.1, -0.05) is 65.3 Å². The summed E-state index contributed by atoms with van der Waals surface area (Å²) in [5.74, 6) is 1.50. The highest BCUT2D eigenvalue weighted by atomic mass is 16.5. The van der Waals surface area contributed by atoms with E-state index in [0.29, 0.717) is 31.3 Å². The average Bonchev–Trinajstić information content (AvgIpc) is 3.25. The number of aryl methyl sites for hydroxylation is 1. The van der Waals surface area contributed by atoms with Crippen LogP contribution in [-0.2, 0) is 6.42 Å². The molecule has 0 bridgehead atoms. The number of carbonyl (C=O) groups is 1. The summed E-state index contributed by atoms with van der Waals surface area (Å²) in [6.07, 6.45) is 2.51. The van der Waals surface area contributed by atoms with Crippen molar-refractivity contribution in [2.24, 2.45) is 0 Å². The fourth-order valence-electron chi connectivity index (χ4n) is 3.62. The minimum Gasteiger partial charge on any atom is -0.339 e. The van der Waals surface area contributed by atoms with Crippen molar-refractivity contribution >= 4 is 6.03 Å². The SMILES string of the molecule is Cc1ccc(-c2noc(C3CCN(C(=O)NCCc4ccccc4)CC3)n2)cc1. The maximum atomic E-state index is 12.4. The summed E-state index contributed by atoms with van der Waals surface area (Å²) in [6.45, 7) is 4.09. The number of carbonyl (C=O) groups excluding carboxylic acids is 1. The van der Waals surface area contributed by atoms with Crippen LogP contribution in [0.1, 0.15) is 35.8 Å². The second-order valence-electron chi connectivity index (χ2n) is 7.55. The fourth-order valence-corrected chi connectivity index (χ4v) is 3.62. The maximum Gasteiger partial charge on any atom is 0.317 e. The van der Waals surface area contributed by atoms with Crippen molar-refractivity contribution in [1.29, 1.82) is 0 Å². The summed E-state index contributed by atoms with van der Waals surface area (Å²) < 4.78 is 5.52. The van der Waals surface area contributed by atoms with Crippen LogP contribution in [-0.4, -0.2) is 40.7 Å². The molecule has 1 N–H and O–H groups in total. The van der Waals surface area contributed by atoms with Gasteiger partial charge in [0, 0.05) is 31.1 Å². The first-order valence-corrected chi connectivity index (χ1v) is 10.2. The quantitative estimate of drug-likeness (QED) is 0.709. The first-order chi connectivity index (χ1) is 14.2. The molecule has 4 rings (SSSR count). The van der Waals surface area contributed by atoms with E-state index in [1.807, 2.05) is 47.4 Å². The van der Waals surface area contributed by atoms with Gasteiger partial charge in [-0.2, -0.15) is 4.98 Å². The van der Waals surface area contributed by atoms with Crippen LogP contribution < -0.4 is 5.32 Å². The van der Waals surface area contributed by atoms with Crippen LogP contribution in [0.15, 0.2) is 59.1 Å². The van der Waals surface area contributed by atoms with Gasteiger partial charge in [0.15, 0.2) is 0 Å². The summed E-state index contributed by atoms with van der Waals surface area (Å²) in [5.41, 5.74) is 3.39. The van der Waals surface area contributed by atoms with Gasteiger partial charge in [-0.25, -0.2) is 4.79 Å². The van der Waals surface area contributed by atoms with E-state index in [0.717, 1.165) is 24.8 Å². The Labute approximate surface area is 170 Å². The number of urea groups is 1. The predicted molar refractivity (Wildman–Crippen MR) is 112 cm³/mol.